The average Bonchev–Trinajstić information content (AvgIpc) is 2.90. The van der Waals surface area contributed by atoms with Crippen molar-refractivity contribution in [2.24, 2.45) is 11.7 Å². The molecule has 0 saturated heterocycles. The first-order valence-electron chi connectivity index (χ1n) is 6.68. The van der Waals surface area contributed by atoms with Crippen LogP contribution < -0.4 is 5.73 Å². The monoisotopic (exact) mass is 278 g/mol. The van der Waals surface area contributed by atoms with E-state index in [9.17, 15) is 8.78 Å². The Labute approximate surface area is 115 Å². The smallest absolute Gasteiger partial charge is 0.241 e. The van der Waals surface area contributed by atoms with E-state index in [0.29, 0.717) is 37.6 Å². The molecule has 6 heteroatoms. The summed E-state index contributed by atoms with van der Waals surface area (Å²) in [6, 6.07) is 7.68. The second-order valence-electron chi connectivity index (χ2n) is 5.06. The van der Waals surface area contributed by atoms with Crippen molar-refractivity contribution >= 4 is 0 Å². The average molecular weight is 278 g/mol. The zero-order valence-electron chi connectivity index (χ0n) is 11.0. The molecule has 2 heterocycles. The Morgan fingerprint density at radius 1 is 1.30 bits per heavy atom. The molecule has 2 aromatic rings. The van der Waals surface area contributed by atoms with Crippen molar-refractivity contribution in [3.63, 3.8) is 0 Å². The van der Waals surface area contributed by atoms with E-state index in [0.717, 1.165) is 11.1 Å². The van der Waals surface area contributed by atoms with Crippen LogP contribution in [0.5, 0.6) is 0 Å². The van der Waals surface area contributed by atoms with Crippen LogP contribution in [0.1, 0.15) is 17.8 Å². The van der Waals surface area contributed by atoms with Crippen LogP contribution in [0.3, 0.4) is 0 Å². The SMILES string of the molecule is NCc1ccc(-c2nc3n(n2)CCC(C(F)F)C3)cc1. The lowest BCUT2D eigenvalue weighted by Gasteiger charge is -2.20. The fraction of sp³-hybridized carbons (Fsp3) is 0.429. The van der Waals surface area contributed by atoms with Gasteiger partial charge in [0.25, 0.3) is 0 Å². The lowest BCUT2D eigenvalue weighted by Crippen LogP contribution is -2.25. The Morgan fingerprint density at radius 3 is 2.70 bits per heavy atom. The first kappa shape index (κ1) is 13.2. The molecule has 1 atom stereocenters. The number of aromatic nitrogens is 3. The molecular formula is C14H16F2N4. The van der Waals surface area contributed by atoms with E-state index in [4.69, 9.17) is 5.73 Å². The van der Waals surface area contributed by atoms with Crippen molar-refractivity contribution in [1.82, 2.24) is 14.8 Å². The van der Waals surface area contributed by atoms with Gasteiger partial charge in [-0.15, -0.1) is 0 Å². The minimum atomic E-state index is -2.28. The van der Waals surface area contributed by atoms with E-state index in [1.807, 2.05) is 24.3 Å². The summed E-state index contributed by atoms with van der Waals surface area (Å²) in [5.74, 6) is 0.650. The van der Waals surface area contributed by atoms with Gasteiger partial charge < -0.3 is 5.73 Å². The van der Waals surface area contributed by atoms with Gasteiger partial charge in [-0.2, -0.15) is 5.10 Å². The van der Waals surface area contributed by atoms with Crippen LogP contribution in [0, 0.1) is 5.92 Å². The van der Waals surface area contributed by atoms with E-state index in [-0.39, 0.29) is 0 Å². The molecular weight excluding hydrogens is 262 g/mol. The largest absolute Gasteiger partial charge is 0.326 e. The number of hydrogen-bond donors (Lipinski definition) is 1. The maximum Gasteiger partial charge on any atom is 0.241 e. The maximum absolute atomic E-state index is 12.8. The molecule has 20 heavy (non-hydrogen) atoms. The maximum atomic E-state index is 12.8. The van der Waals surface area contributed by atoms with Crippen LogP contribution in [-0.4, -0.2) is 21.2 Å². The molecule has 0 radical (unpaired) electrons. The standard InChI is InChI=1S/C14H16F2N4/c15-13(16)11-5-6-20-12(7-11)18-14(19-20)10-3-1-9(8-17)2-4-10/h1-4,11,13H,5-8,17H2. The highest BCUT2D eigenvalue weighted by molar-refractivity contribution is 5.55. The molecule has 1 aliphatic rings. The zero-order valence-corrected chi connectivity index (χ0v) is 11.0. The van der Waals surface area contributed by atoms with Crippen molar-refractivity contribution in [2.45, 2.75) is 32.4 Å². The predicted octanol–water partition coefficient (Wildman–Crippen LogP) is 2.23. The van der Waals surface area contributed by atoms with Gasteiger partial charge in [0.2, 0.25) is 6.43 Å². The molecule has 1 aromatic carbocycles. The first-order chi connectivity index (χ1) is 9.67. The predicted molar refractivity (Wildman–Crippen MR) is 71.2 cm³/mol. The minimum absolute atomic E-state index is 0.297. The van der Waals surface area contributed by atoms with Crippen molar-refractivity contribution in [3.8, 4) is 11.4 Å². The molecule has 1 aromatic heterocycles. The van der Waals surface area contributed by atoms with Crippen molar-refractivity contribution in [3.05, 3.63) is 35.7 Å². The van der Waals surface area contributed by atoms with E-state index in [1.54, 1.807) is 4.68 Å². The highest BCUT2D eigenvalue weighted by Crippen LogP contribution is 2.26. The second-order valence-corrected chi connectivity index (χ2v) is 5.06. The highest BCUT2D eigenvalue weighted by Gasteiger charge is 2.28. The van der Waals surface area contributed by atoms with Crippen molar-refractivity contribution in [1.29, 1.82) is 0 Å². The Morgan fingerprint density at radius 2 is 2.05 bits per heavy atom. The Bertz CT molecular complexity index is 592. The van der Waals surface area contributed by atoms with Gasteiger partial charge in [-0.25, -0.2) is 18.4 Å². The van der Waals surface area contributed by atoms with Gasteiger partial charge in [-0.3, -0.25) is 0 Å². The summed E-state index contributed by atoms with van der Waals surface area (Å²) < 4.78 is 27.3. The topological polar surface area (TPSA) is 56.7 Å². The quantitative estimate of drug-likeness (QED) is 0.936. The van der Waals surface area contributed by atoms with Gasteiger partial charge in [0.15, 0.2) is 5.82 Å². The highest BCUT2D eigenvalue weighted by atomic mass is 19.3. The molecule has 106 valence electrons. The van der Waals surface area contributed by atoms with Crippen molar-refractivity contribution in [2.75, 3.05) is 0 Å². The summed E-state index contributed by atoms with van der Waals surface area (Å²) >= 11 is 0. The molecule has 0 aliphatic carbocycles. The summed E-state index contributed by atoms with van der Waals surface area (Å²) in [5.41, 5.74) is 7.48. The third-order valence-corrected chi connectivity index (χ3v) is 3.71. The summed E-state index contributed by atoms with van der Waals surface area (Å²) in [6.45, 7) is 1.00. The normalized spacial score (nSPS) is 18.3. The van der Waals surface area contributed by atoms with Crippen LogP contribution >= 0.6 is 0 Å². The molecule has 1 unspecified atom stereocenters. The van der Waals surface area contributed by atoms with Crippen LogP contribution in [0.4, 0.5) is 8.78 Å². The fourth-order valence-electron chi connectivity index (χ4n) is 2.46. The molecule has 0 spiro atoms. The summed E-state index contributed by atoms with van der Waals surface area (Å²) in [5, 5.41) is 4.40. The number of nitrogens with zero attached hydrogens (tertiary/aromatic N) is 3. The number of benzene rings is 1. The van der Waals surface area contributed by atoms with Gasteiger partial charge in [0, 0.05) is 31.0 Å². The van der Waals surface area contributed by atoms with Gasteiger partial charge in [-0.1, -0.05) is 24.3 Å². The molecule has 0 saturated carbocycles. The van der Waals surface area contributed by atoms with E-state index in [1.165, 1.54) is 0 Å². The number of aryl methyl sites for hydroxylation is 1. The van der Waals surface area contributed by atoms with E-state index in [2.05, 4.69) is 10.1 Å². The van der Waals surface area contributed by atoms with Gasteiger partial charge in [0.05, 0.1) is 0 Å². The molecule has 0 bridgehead atoms. The lowest BCUT2D eigenvalue weighted by atomic mass is 9.99. The number of alkyl halides is 2. The van der Waals surface area contributed by atoms with Gasteiger partial charge in [-0.05, 0) is 12.0 Å². The molecule has 0 fully saturated rings. The third kappa shape index (κ3) is 2.43. The van der Waals surface area contributed by atoms with E-state index >= 15 is 0 Å². The second kappa shape index (κ2) is 5.28. The lowest BCUT2D eigenvalue weighted by molar-refractivity contribution is 0.0608. The van der Waals surface area contributed by atoms with Gasteiger partial charge in [0.1, 0.15) is 5.82 Å². The molecule has 3 rings (SSSR count). The van der Waals surface area contributed by atoms with Gasteiger partial charge >= 0.3 is 0 Å². The number of nitrogens with two attached hydrogens (primary N) is 1. The molecule has 2 N–H and O–H groups in total. The van der Waals surface area contributed by atoms with Crippen molar-refractivity contribution < 1.29 is 8.78 Å². The van der Waals surface area contributed by atoms with Crippen LogP contribution in [0.25, 0.3) is 11.4 Å². The molecule has 1 aliphatic heterocycles. The van der Waals surface area contributed by atoms with Crippen LogP contribution in [0.2, 0.25) is 0 Å². The first-order valence-corrected chi connectivity index (χ1v) is 6.68. The number of fused-ring (bicyclic) bond motifs is 1. The summed E-state index contributed by atoms with van der Waals surface area (Å²) in [4.78, 5) is 4.40. The zero-order chi connectivity index (χ0) is 14.1. The minimum Gasteiger partial charge on any atom is -0.326 e. The number of halogens is 2. The Hall–Kier alpha value is -1.82. The van der Waals surface area contributed by atoms with Crippen LogP contribution in [-0.2, 0) is 19.5 Å². The number of rotatable bonds is 3. The molecule has 0 amide bonds. The molecule has 4 nitrogen and oxygen atoms in total. The number of hydrogen-bond acceptors (Lipinski definition) is 3. The summed E-state index contributed by atoms with van der Waals surface area (Å²) in [6.07, 6.45) is -1.53. The van der Waals surface area contributed by atoms with Crippen LogP contribution in [0.15, 0.2) is 24.3 Å². The Kier molecular flexibility index (Phi) is 3.48. The van der Waals surface area contributed by atoms with E-state index < -0.39 is 12.3 Å². The Balaban J connectivity index is 1.86. The third-order valence-electron chi connectivity index (χ3n) is 3.71. The summed E-state index contributed by atoms with van der Waals surface area (Å²) in [7, 11) is 0. The fourth-order valence-corrected chi connectivity index (χ4v) is 2.46.